The summed E-state index contributed by atoms with van der Waals surface area (Å²) < 4.78 is 28.6. The Morgan fingerprint density at radius 3 is 2.52 bits per heavy atom. The third kappa shape index (κ3) is 3.26. The number of hydrogen-bond donors (Lipinski definition) is 1. The molecule has 2 saturated heterocycles. The number of hydrogen-bond acceptors (Lipinski definition) is 6. The lowest BCUT2D eigenvalue weighted by molar-refractivity contribution is 0.586. The molecule has 2 aliphatic heterocycles. The Bertz CT molecular complexity index is 1130. The number of anilines is 2. The lowest BCUT2D eigenvalue weighted by Crippen LogP contribution is -2.43. The maximum atomic E-state index is 13.6. The van der Waals surface area contributed by atoms with Crippen molar-refractivity contribution in [2.24, 2.45) is 0 Å². The van der Waals surface area contributed by atoms with Crippen molar-refractivity contribution in [1.29, 1.82) is 0 Å². The summed E-state index contributed by atoms with van der Waals surface area (Å²) in [5, 5.41) is 3.34. The van der Waals surface area contributed by atoms with Crippen LogP contribution in [0.5, 0.6) is 0 Å². The Labute approximate surface area is 171 Å². The number of benzene rings is 1. The summed E-state index contributed by atoms with van der Waals surface area (Å²) in [4.78, 5) is 9.28. The summed E-state index contributed by atoms with van der Waals surface area (Å²) in [6, 6.07) is 10.9. The van der Waals surface area contributed by atoms with Gasteiger partial charge in [0.05, 0.1) is 16.1 Å². The Hall–Kier alpha value is -2.58. The molecule has 152 valence electrons. The molecule has 0 spiro atoms. The fourth-order valence-corrected chi connectivity index (χ4v) is 5.67. The zero-order valence-corrected chi connectivity index (χ0v) is 17.1. The van der Waals surface area contributed by atoms with Crippen molar-refractivity contribution in [3.63, 3.8) is 0 Å². The van der Waals surface area contributed by atoms with Gasteiger partial charge >= 0.3 is 0 Å². The quantitative estimate of drug-likeness (QED) is 0.710. The molecule has 1 aromatic carbocycles. The smallest absolute Gasteiger partial charge is 0.268 e. The maximum Gasteiger partial charge on any atom is 0.268 e. The number of aromatic nitrogens is 2. The first-order valence-electron chi connectivity index (χ1n) is 10.2. The van der Waals surface area contributed by atoms with E-state index in [1.807, 2.05) is 18.2 Å². The predicted octanol–water partition coefficient (Wildman–Crippen LogP) is 2.28. The van der Waals surface area contributed by atoms with E-state index in [-0.39, 0.29) is 0 Å². The summed E-state index contributed by atoms with van der Waals surface area (Å²) in [7, 11) is -3.73. The van der Waals surface area contributed by atoms with Crippen molar-refractivity contribution >= 4 is 32.4 Å². The minimum Gasteiger partial charge on any atom is -0.371 e. The third-order valence-corrected chi connectivity index (χ3v) is 7.48. The lowest BCUT2D eigenvalue weighted by atomic mass is 10.3. The van der Waals surface area contributed by atoms with Gasteiger partial charge < -0.3 is 15.1 Å². The molecular weight excluding hydrogens is 386 g/mol. The van der Waals surface area contributed by atoms with Crippen LogP contribution in [0.2, 0.25) is 0 Å². The number of nitrogens with one attached hydrogen (secondary N) is 1. The fraction of sp³-hybridized carbons (Fsp3) is 0.381. The molecule has 2 fully saturated rings. The fourth-order valence-electron chi connectivity index (χ4n) is 4.28. The van der Waals surface area contributed by atoms with Crippen LogP contribution in [-0.4, -0.2) is 56.6 Å². The van der Waals surface area contributed by atoms with Gasteiger partial charge in [0.25, 0.3) is 10.0 Å². The van der Waals surface area contributed by atoms with E-state index in [2.05, 4.69) is 20.1 Å². The van der Waals surface area contributed by atoms with Crippen molar-refractivity contribution in [2.45, 2.75) is 17.7 Å². The van der Waals surface area contributed by atoms with Gasteiger partial charge in [-0.2, -0.15) is 0 Å². The number of pyridine rings is 1. The molecule has 2 aliphatic rings. The highest BCUT2D eigenvalue weighted by molar-refractivity contribution is 7.90. The highest BCUT2D eigenvalue weighted by Gasteiger charge is 2.25. The van der Waals surface area contributed by atoms with Crippen LogP contribution < -0.4 is 15.1 Å². The van der Waals surface area contributed by atoms with Gasteiger partial charge in [-0.05, 0) is 43.2 Å². The standard InChI is InChI=1S/C21H25N5O2S/c27-29(28,18-6-3-5-17(15-18)24-11-1-2-12-24)26-16-20(25-13-9-22-10-14-25)21-19(26)7-4-8-23-21/h3-8,15-16,22H,1-2,9-14H2. The normalized spacial score (nSPS) is 17.9. The molecule has 0 aliphatic carbocycles. The van der Waals surface area contributed by atoms with Gasteiger partial charge in [0.2, 0.25) is 0 Å². The van der Waals surface area contributed by atoms with Crippen LogP contribution in [0.4, 0.5) is 11.4 Å². The van der Waals surface area contributed by atoms with Crippen molar-refractivity contribution in [3.05, 3.63) is 48.8 Å². The van der Waals surface area contributed by atoms with Crippen LogP contribution in [0.1, 0.15) is 12.8 Å². The van der Waals surface area contributed by atoms with Crippen molar-refractivity contribution < 1.29 is 8.42 Å². The Morgan fingerprint density at radius 1 is 0.931 bits per heavy atom. The zero-order valence-electron chi connectivity index (χ0n) is 16.3. The monoisotopic (exact) mass is 411 g/mol. The maximum absolute atomic E-state index is 13.6. The Morgan fingerprint density at radius 2 is 1.72 bits per heavy atom. The van der Waals surface area contributed by atoms with E-state index in [4.69, 9.17) is 0 Å². The molecule has 5 rings (SSSR count). The first kappa shape index (κ1) is 18.4. The summed E-state index contributed by atoms with van der Waals surface area (Å²) >= 11 is 0. The van der Waals surface area contributed by atoms with E-state index in [1.165, 1.54) is 3.97 Å². The Kier molecular flexibility index (Phi) is 4.67. The van der Waals surface area contributed by atoms with Crippen LogP contribution in [0, 0.1) is 0 Å². The number of fused-ring (bicyclic) bond motifs is 1. The summed E-state index contributed by atoms with van der Waals surface area (Å²) in [6.07, 6.45) is 5.76. The summed E-state index contributed by atoms with van der Waals surface area (Å²) in [5.41, 5.74) is 3.20. The van der Waals surface area contributed by atoms with Crippen LogP contribution in [0.25, 0.3) is 11.0 Å². The van der Waals surface area contributed by atoms with Gasteiger partial charge in [0.1, 0.15) is 5.52 Å². The largest absolute Gasteiger partial charge is 0.371 e. The minimum absolute atomic E-state index is 0.314. The van der Waals surface area contributed by atoms with Crippen molar-refractivity contribution in [1.82, 2.24) is 14.3 Å². The molecule has 0 amide bonds. The molecule has 3 aromatic rings. The Balaban J connectivity index is 1.60. The zero-order chi connectivity index (χ0) is 19.8. The van der Waals surface area contributed by atoms with E-state index in [0.29, 0.717) is 10.4 Å². The second-order valence-electron chi connectivity index (χ2n) is 7.61. The first-order valence-corrected chi connectivity index (χ1v) is 11.6. The SMILES string of the molecule is O=S(=O)(c1cccc(N2CCCC2)c1)n1cc(N2CCNCC2)c2ncccc21. The average Bonchev–Trinajstić information content (AvgIpc) is 3.43. The highest BCUT2D eigenvalue weighted by Crippen LogP contribution is 2.32. The van der Waals surface area contributed by atoms with E-state index in [1.54, 1.807) is 30.6 Å². The molecule has 2 aromatic heterocycles. The molecule has 0 saturated carbocycles. The van der Waals surface area contributed by atoms with Gasteiger partial charge in [-0.3, -0.25) is 4.98 Å². The number of piperazine rings is 1. The van der Waals surface area contributed by atoms with Crippen LogP contribution in [-0.2, 0) is 10.0 Å². The van der Waals surface area contributed by atoms with E-state index in [0.717, 1.165) is 69.0 Å². The molecule has 0 unspecified atom stereocenters. The molecule has 0 radical (unpaired) electrons. The molecule has 7 nitrogen and oxygen atoms in total. The summed E-state index contributed by atoms with van der Waals surface area (Å²) in [6.45, 7) is 5.38. The van der Waals surface area contributed by atoms with Crippen LogP contribution in [0.3, 0.4) is 0 Å². The average molecular weight is 412 g/mol. The van der Waals surface area contributed by atoms with Gasteiger partial charge in [-0.25, -0.2) is 12.4 Å². The van der Waals surface area contributed by atoms with Crippen molar-refractivity contribution in [3.8, 4) is 0 Å². The molecule has 1 N–H and O–H groups in total. The van der Waals surface area contributed by atoms with E-state index >= 15 is 0 Å². The van der Waals surface area contributed by atoms with Gasteiger partial charge in [-0.1, -0.05) is 6.07 Å². The van der Waals surface area contributed by atoms with E-state index < -0.39 is 10.0 Å². The molecule has 29 heavy (non-hydrogen) atoms. The third-order valence-electron chi connectivity index (χ3n) is 5.81. The van der Waals surface area contributed by atoms with Gasteiger partial charge in [0, 0.05) is 57.3 Å². The van der Waals surface area contributed by atoms with Crippen LogP contribution in [0.15, 0.2) is 53.7 Å². The van der Waals surface area contributed by atoms with Crippen LogP contribution >= 0.6 is 0 Å². The second kappa shape index (κ2) is 7.35. The predicted molar refractivity (Wildman–Crippen MR) is 115 cm³/mol. The van der Waals surface area contributed by atoms with Crippen molar-refractivity contribution in [2.75, 3.05) is 49.1 Å². The molecule has 0 bridgehead atoms. The second-order valence-corrected chi connectivity index (χ2v) is 9.43. The molecule has 8 heteroatoms. The van der Waals surface area contributed by atoms with E-state index in [9.17, 15) is 8.42 Å². The first-order chi connectivity index (χ1) is 14.1. The number of nitrogens with zero attached hydrogens (tertiary/aromatic N) is 4. The minimum atomic E-state index is -3.73. The van der Waals surface area contributed by atoms with Gasteiger partial charge in [-0.15, -0.1) is 0 Å². The van der Waals surface area contributed by atoms with Gasteiger partial charge in [0.15, 0.2) is 0 Å². The molecule has 0 atom stereocenters. The highest BCUT2D eigenvalue weighted by atomic mass is 32.2. The number of rotatable bonds is 4. The summed E-state index contributed by atoms with van der Waals surface area (Å²) in [5.74, 6) is 0. The topological polar surface area (TPSA) is 70.5 Å². The molecular formula is C21H25N5O2S. The lowest BCUT2D eigenvalue weighted by Gasteiger charge is -2.28. The molecule has 4 heterocycles.